The highest BCUT2D eigenvalue weighted by molar-refractivity contribution is 9.10. The molecule has 4 rings (SSSR count). The van der Waals surface area contributed by atoms with Gasteiger partial charge in [0.1, 0.15) is 5.52 Å². The summed E-state index contributed by atoms with van der Waals surface area (Å²) >= 11 is 19.1. The Kier molecular flexibility index (Phi) is 5.47. The molecule has 0 unspecified atom stereocenters. The lowest BCUT2D eigenvalue weighted by molar-refractivity contribution is 0.102. The molecule has 0 spiro atoms. The summed E-state index contributed by atoms with van der Waals surface area (Å²) in [5.74, 6) is 0.0872. The Labute approximate surface area is 187 Å². The lowest BCUT2D eigenvalue weighted by atomic mass is 10.2. The van der Waals surface area contributed by atoms with Crippen molar-refractivity contribution in [1.29, 1.82) is 0 Å². The van der Waals surface area contributed by atoms with Crippen molar-refractivity contribution < 1.29 is 9.21 Å². The molecule has 3 aromatic carbocycles. The molecule has 1 amide bonds. The number of hydrogen-bond acceptors (Lipinski definition) is 3. The maximum absolute atomic E-state index is 12.5. The first kappa shape index (κ1) is 19.5. The average Bonchev–Trinajstić information content (AvgIpc) is 3.08. The summed E-state index contributed by atoms with van der Waals surface area (Å²) in [7, 11) is 0. The number of benzene rings is 3. The van der Waals surface area contributed by atoms with E-state index in [1.165, 1.54) is 0 Å². The van der Waals surface area contributed by atoms with Gasteiger partial charge in [0.2, 0.25) is 5.89 Å². The SMILES string of the molecule is O=C(Nc1ccc2oc(-c3cc(Br)ccc3Cl)nc2c1)c1cc(Br)ccc1Cl. The minimum atomic E-state index is -0.315. The standard InChI is InChI=1S/C20H10Br2Cl2N2O2/c21-10-1-4-15(23)13(7-10)19(27)25-12-3-6-18-17(9-12)26-20(28-18)14-8-11(22)2-5-16(14)24/h1-9H,(H,25,27). The van der Waals surface area contributed by atoms with Crippen LogP contribution in [0.15, 0.2) is 68.0 Å². The van der Waals surface area contributed by atoms with Gasteiger partial charge in [0.15, 0.2) is 5.58 Å². The van der Waals surface area contributed by atoms with Crippen LogP contribution in [0.2, 0.25) is 10.0 Å². The predicted octanol–water partition coefficient (Wildman–Crippen LogP) is 7.58. The number of anilines is 1. The lowest BCUT2D eigenvalue weighted by Crippen LogP contribution is -2.12. The zero-order valence-corrected chi connectivity index (χ0v) is 18.7. The van der Waals surface area contributed by atoms with E-state index in [4.69, 9.17) is 27.6 Å². The molecule has 0 atom stereocenters. The van der Waals surface area contributed by atoms with Gasteiger partial charge in [-0.05, 0) is 54.6 Å². The molecule has 8 heteroatoms. The normalized spacial score (nSPS) is 11.0. The highest BCUT2D eigenvalue weighted by atomic mass is 79.9. The fraction of sp³-hybridized carbons (Fsp3) is 0. The van der Waals surface area contributed by atoms with Gasteiger partial charge in [0.25, 0.3) is 5.91 Å². The molecule has 140 valence electrons. The molecule has 0 bridgehead atoms. The van der Waals surface area contributed by atoms with Gasteiger partial charge in [-0.15, -0.1) is 0 Å². The second kappa shape index (κ2) is 7.87. The Hall–Kier alpha value is -1.86. The van der Waals surface area contributed by atoms with Gasteiger partial charge in [-0.1, -0.05) is 55.1 Å². The van der Waals surface area contributed by atoms with Gasteiger partial charge in [0, 0.05) is 14.6 Å². The Balaban J connectivity index is 1.66. The highest BCUT2D eigenvalue weighted by Gasteiger charge is 2.15. The summed E-state index contributed by atoms with van der Waals surface area (Å²) in [6.07, 6.45) is 0. The fourth-order valence-electron chi connectivity index (χ4n) is 2.65. The molecule has 0 saturated heterocycles. The molecule has 28 heavy (non-hydrogen) atoms. The maximum Gasteiger partial charge on any atom is 0.257 e. The monoisotopic (exact) mass is 538 g/mol. The van der Waals surface area contributed by atoms with Gasteiger partial charge in [-0.2, -0.15) is 0 Å². The summed E-state index contributed by atoms with van der Waals surface area (Å²) in [6.45, 7) is 0. The van der Waals surface area contributed by atoms with Crippen molar-refractivity contribution >= 4 is 77.8 Å². The number of carbonyl (C=O) groups is 1. The number of nitrogens with one attached hydrogen (secondary N) is 1. The van der Waals surface area contributed by atoms with E-state index in [0.29, 0.717) is 43.9 Å². The third-order valence-corrected chi connectivity index (χ3v) is 5.62. The van der Waals surface area contributed by atoms with Crippen LogP contribution in [0, 0.1) is 0 Å². The van der Waals surface area contributed by atoms with Crippen molar-refractivity contribution in [2.45, 2.75) is 0 Å². The van der Waals surface area contributed by atoms with Crippen molar-refractivity contribution in [3.8, 4) is 11.5 Å². The minimum absolute atomic E-state index is 0.315. The van der Waals surface area contributed by atoms with E-state index >= 15 is 0 Å². The topological polar surface area (TPSA) is 55.1 Å². The second-order valence-corrected chi connectivity index (χ2v) is 8.55. The zero-order valence-electron chi connectivity index (χ0n) is 14.0. The Morgan fingerprint density at radius 2 is 1.64 bits per heavy atom. The van der Waals surface area contributed by atoms with Crippen molar-refractivity contribution in [2.24, 2.45) is 0 Å². The second-order valence-electron chi connectivity index (χ2n) is 5.90. The van der Waals surface area contributed by atoms with Crippen LogP contribution in [-0.2, 0) is 0 Å². The molecule has 4 nitrogen and oxygen atoms in total. The van der Waals surface area contributed by atoms with Crippen LogP contribution in [0.4, 0.5) is 5.69 Å². The number of aromatic nitrogens is 1. The third kappa shape index (κ3) is 3.96. The predicted molar refractivity (Wildman–Crippen MR) is 119 cm³/mol. The number of oxazole rings is 1. The van der Waals surface area contributed by atoms with Crippen LogP contribution in [0.1, 0.15) is 10.4 Å². The molecule has 0 aliphatic rings. The molecule has 1 aromatic heterocycles. The molecule has 0 saturated carbocycles. The highest BCUT2D eigenvalue weighted by Crippen LogP contribution is 2.33. The molecular formula is C20H10Br2Cl2N2O2. The quantitative estimate of drug-likeness (QED) is 0.291. The summed E-state index contributed by atoms with van der Waals surface area (Å²) in [5, 5.41) is 3.73. The van der Waals surface area contributed by atoms with Crippen molar-refractivity contribution in [1.82, 2.24) is 4.98 Å². The van der Waals surface area contributed by atoms with Gasteiger partial charge < -0.3 is 9.73 Å². The fourth-order valence-corrected chi connectivity index (χ4v) is 3.78. The lowest BCUT2D eigenvalue weighted by Gasteiger charge is -2.07. The van der Waals surface area contributed by atoms with E-state index in [0.717, 1.165) is 8.95 Å². The van der Waals surface area contributed by atoms with Gasteiger partial charge >= 0.3 is 0 Å². The molecule has 0 radical (unpaired) electrons. The summed E-state index contributed by atoms with van der Waals surface area (Å²) in [5.41, 5.74) is 2.82. The first-order valence-electron chi connectivity index (χ1n) is 8.03. The molecule has 4 aromatic rings. The van der Waals surface area contributed by atoms with E-state index in [2.05, 4.69) is 42.2 Å². The Morgan fingerprint density at radius 3 is 2.43 bits per heavy atom. The van der Waals surface area contributed by atoms with Gasteiger partial charge in [-0.25, -0.2) is 4.98 Å². The van der Waals surface area contributed by atoms with Crippen LogP contribution in [-0.4, -0.2) is 10.9 Å². The van der Waals surface area contributed by atoms with Crippen molar-refractivity contribution in [3.05, 3.63) is 79.2 Å². The number of fused-ring (bicyclic) bond motifs is 1. The van der Waals surface area contributed by atoms with E-state index in [1.54, 1.807) is 42.5 Å². The van der Waals surface area contributed by atoms with Gasteiger partial charge in [0.05, 0.1) is 21.2 Å². The number of rotatable bonds is 3. The zero-order chi connectivity index (χ0) is 19.8. The number of nitrogens with zero attached hydrogens (tertiary/aromatic N) is 1. The van der Waals surface area contributed by atoms with Crippen LogP contribution < -0.4 is 5.32 Å². The summed E-state index contributed by atoms with van der Waals surface area (Å²) in [4.78, 5) is 17.0. The number of halogens is 4. The maximum atomic E-state index is 12.5. The van der Waals surface area contributed by atoms with Crippen LogP contribution in [0.25, 0.3) is 22.6 Å². The molecule has 1 heterocycles. The average molecular weight is 541 g/mol. The van der Waals surface area contributed by atoms with E-state index in [9.17, 15) is 4.79 Å². The van der Waals surface area contributed by atoms with Crippen LogP contribution in [0.3, 0.4) is 0 Å². The van der Waals surface area contributed by atoms with Crippen molar-refractivity contribution in [3.63, 3.8) is 0 Å². The number of amides is 1. The largest absolute Gasteiger partial charge is 0.436 e. The van der Waals surface area contributed by atoms with Crippen molar-refractivity contribution in [2.75, 3.05) is 5.32 Å². The number of hydrogen-bond donors (Lipinski definition) is 1. The third-order valence-electron chi connectivity index (χ3n) is 3.98. The molecule has 0 aliphatic heterocycles. The first-order valence-corrected chi connectivity index (χ1v) is 10.4. The van der Waals surface area contributed by atoms with Gasteiger partial charge in [-0.3, -0.25) is 4.79 Å². The Bertz CT molecular complexity index is 1220. The van der Waals surface area contributed by atoms with E-state index in [-0.39, 0.29) is 5.91 Å². The minimum Gasteiger partial charge on any atom is -0.436 e. The van der Waals surface area contributed by atoms with Crippen LogP contribution >= 0.6 is 55.1 Å². The summed E-state index contributed by atoms with van der Waals surface area (Å²) in [6, 6.07) is 15.8. The van der Waals surface area contributed by atoms with E-state index in [1.807, 2.05) is 12.1 Å². The molecule has 0 fully saturated rings. The van der Waals surface area contributed by atoms with Crippen LogP contribution in [0.5, 0.6) is 0 Å². The molecule has 0 aliphatic carbocycles. The first-order chi connectivity index (χ1) is 13.4. The number of carbonyl (C=O) groups excluding carboxylic acids is 1. The molecular weight excluding hydrogens is 531 g/mol. The smallest absolute Gasteiger partial charge is 0.257 e. The Morgan fingerprint density at radius 1 is 0.929 bits per heavy atom. The summed E-state index contributed by atoms with van der Waals surface area (Å²) < 4.78 is 7.45. The van der Waals surface area contributed by atoms with E-state index < -0.39 is 0 Å². The molecule has 1 N–H and O–H groups in total.